The summed E-state index contributed by atoms with van der Waals surface area (Å²) >= 11 is 0. The Labute approximate surface area is 194 Å². The van der Waals surface area contributed by atoms with Gasteiger partial charge in [-0.1, -0.05) is 30.3 Å². The molecule has 1 saturated heterocycles. The molecule has 1 fully saturated rings. The van der Waals surface area contributed by atoms with Gasteiger partial charge in [-0.15, -0.1) is 0 Å². The normalized spacial score (nSPS) is 19.6. The molecule has 3 aromatic rings. The van der Waals surface area contributed by atoms with E-state index in [1.54, 1.807) is 12.1 Å². The number of hydrogen-bond donors (Lipinski definition) is 1. The number of nitrogens with zero attached hydrogens (tertiary/aromatic N) is 2. The molecule has 2 aliphatic rings. The number of hydrogen-bond acceptors (Lipinski definition) is 5. The standard InChI is InChI=1S/C27H29N3O3/c1-27(2)14-22-12-18(6-9-24(22)33-27)16-30-10-11-32-25(17-30)23-8-7-21(15-29-23)19-4-3-5-20(13-19)26(28)31/h3-9,12-13,15,25H,10-11,14,16-17H2,1-2H3,(H2,28,31). The number of aromatic nitrogens is 1. The van der Waals surface area contributed by atoms with E-state index in [4.69, 9.17) is 15.2 Å². The SMILES string of the molecule is CC1(C)Cc2cc(CN3CCOC(c4ccc(-c5cccc(C(N)=O)c5)cn4)C3)ccc2O1. The van der Waals surface area contributed by atoms with Gasteiger partial charge in [0.15, 0.2) is 0 Å². The lowest BCUT2D eigenvalue weighted by Gasteiger charge is -2.32. The fourth-order valence-electron chi connectivity index (χ4n) is 4.66. The Morgan fingerprint density at radius 1 is 1.15 bits per heavy atom. The van der Waals surface area contributed by atoms with E-state index in [9.17, 15) is 4.79 Å². The first-order chi connectivity index (χ1) is 15.9. The third-order valence-electron chi connectivity index (χ3n) is 6.28. The van der Waals surface area contributed by atoms with Crippen molar-refractivity contribution in [3.8, 4) is 16.9 Å². The van der Waals surface area contributed by atoms with Crippen molar-refractivity contribution in [2.45, 2.75) is 38.5 Å². The summed E-state index contributed by atoms with van der Waals surface area (Å²) in [7, 11) is 0. The molecule has 2 aromatic carbocycles. The molecule has 3 heterocycles. The van der Waals surface area contributed by atoms with E-state index in [2.05, 4.69) is 41.9 Å². The Morgan fingerprint density at radius 2 is 2.03 bits per heavy atom. The Kier molecular flexibility index (Phi) is 5.64. The van der Waals surface area contributed by atoms with Gasteiger partial charge in [0.2, 0.25) is 5.91 Å². The van der Waals surface area contributed by atoms with Crippen LogP contribution in [0.4, 0.5) is 0 Å². The Bertz CT molecular complexity index is 1170. The molecule has 5 rings (SSSR count). The molecule has 0 radical (unpaired) electrons. The van der Waals surface area contributed by atoms with Gasteiger partial charge in [0.25, 0.3) is 0 Å². The molecule has 2 aliphatic heterocycles. The van der Waals surface area contributed by atoms with Crippen LogP contribution in [-0.4, -0.2) is 41.1 Å². The second-order valence-corrected chi connectivity index (χ2v) is 9.49. The number of fused-ring (bicyclic) bond motifs is 1. The van der Waals surface area contributed by atoms with E-state index in [0.29, 0.717) is 12.2 Å². The van der Waals surface area contributed by atoms with Gasteiger partial charge < -0.3 is 15.2 Å². The number of carbonyl (C=O) groups is 1. The summed E-state index contributed by atoms with van der Waals surface area (Å²) in [6.45, 7) is 7.51. The molecule has 1 amide bonds. The van der Waals surface area contributed by atoms with Crippen molar-refractivity contribution in [3.05, 3.63) is 83.2 Å². The summed E-state index contributed by atoms with van der Waals surface area (Å²) in [6.07, 6.45) is 2.71. The lowest BCUT2D eigenvalue weighted by Crippen LogP contribution is -2.38. The lowest BCUT2D eigenvalue weighted by molar-refractivity contribution is -0.0349. The average Bonchev–Trinajstić information content (AvgIpc) is 3.12. The molecule has 33 heavy (non-hydrogen) atoms. The average molecular weight is 444 g/mol. The van der Waals surface area contributed by atoms with Crippen LogP contribution in [0.5, 0.6) is 5.75 Å². The summed E-state index contributed by atoms with van der Waals surface area (Å²) in [6, 6.07) is 17.9. The van der Waals surface area contributed by atoms with Crippen molar-refractivity contribution in [3.63, 3.8) is 0 Å². The van der Waals surface area contributed by atoms with E-state index in [1.807, 2.05) is 30.5 Å². The molecule has 6 nitrogen and oxygen atoms in total. The maximum absolute atomic E-state index is 11.5. The molecule has 0 aliphatic carbocycles. The highest BCUT2D eigenvalue weighted by Gasteiger charge is 2.30. The third kappa shape index (κ3) is 4.77. The van der Waals surface area contributed by atoms with E-state index < -0.39 is 5.91 Å². The van der Waals surface area contributed by atoms with Gasteiger partial charge in [-0.25, -0.2) is 0 Å². The van der Waals surface area contributed by atoms with Crippen LogP contribution >= 0.6 is 0 Å². The van der Waals surface area contributed by atoms with Gasteiger partial charge in [-0.2, -0.15) is 0 Å². The van der Waals surface area contributed by atoms with Crippen LogP contribution in [0.3, 0.4) is 0 Å². The molecule has 0 saturated carbocycles. The fraction of sp³-hybridized carbons (Fsp3) is 0.333. The van der Waals surface area contributed by atoms with Gasteiger partial charge in [-0.3, -0.25) is 14.7 Å². The quantitative estimate of drug-likeness (QED) is 0.641. The number of nitrogens with two attached hydrogens (primary N) is 1. The summed E-state index contributed by atoms with van der Waals surface area (Å²) in [5.74, 6) is 0.575. The number of primary amides is 1. The summed E-state index contributed by atoms with van der Waals surface area (Å²) in [4.78, 5) is 18.6. The van der Waals surface area contributed by atoms with E-state index >= 15 is 0 Å². The number of rotatable bonds is 5. The van der Waals surface area contributed by atoms with Crippen LogP contribution in [0.25, 0.3) is 11.1 Å². The highest BCUT2D eigenvalue weighted by atomic mass is 16.5. The monoisotopic (exact) mass is 443 g/mol. The molecule has 1 aromatic heterocycles. The minimum atomic E-state index is -0.434. The molecule has 170 valence electrons. The summed E-state index contributed by atoms with van der Waals surface area (Å²) in [5.41, 5.74) is 11.1. The van der Waals surface area contributed by atoms with Crippen LogP contribution in [0.1, 0.15) is 47.1 Å². The third-order valence-corrected chi connectivity index (χ3v) is 6.28. The van der Waals surface area contributed by atoms with Crippen molar-refractivity contribution in [1.82, 2.24) is 9.88 Å². The molecular weight excluding hydrogens is 414 g/mol. The van der Waals surface area contributed by atoms with Crippen molar-refractivity contribution in [2.24, 2.45) is 5.73 Å². The molecular formula is C27H29N3O3. The zero-order valence-electron chi connectivity index (χ0n) is 19.1. The number of pyridine rings is 1. The number of carbonyl (C=O) groups excluding carboxylic acids is 1. The number of benzene rings is 2. The number of morpholine rings is 1. The van der Waals surface area contributed by atoms with Gasteiger partial charge in [0.1, 0.15) is 17.5 Å². The summed E-state index contributed by atoms with van der Waals surface area (Å²) < 4.78 is 12.1. The largest absolute Gasteiger partial charge is 0.487 e. The molecule has 6 heteroatoms. The lowest BCUT2D eigenvalue weighted by atomic mass is 10.00. The highest BCUT2D eigenvalue weighted by Crippen LogP contribution is 2.35. The Hall–Kier alpha value is -3.22. The predicted molar refractivity (Wildman–Crippen MR) is 127 cm³/mol. The zero-order chi connectivity index (χ0) is 23.0. The van der Waals surface area contributed by atoms with Crippen LogP contribution in [0.2, 0.25) is 0 Å². The van der Waals surface area contributed by atoms with Crippen molar-refractivity contribution >= 4 is 5.91 Å². The van der Waals surface area contributed by atoms with Gasteiger partial charge >= 0.3 is 0 Å². The number of ether oxygens (including phenoxy) is 2. The first-order valence-electron chi connectivity index (χ1n) is 11.4. The maximum atomic E-state index is 11.5. The minimum absolute atomic E-state index is 0.0681. The van der Waals surface area contributed by atoms with Crippen LogP contribution < -0.4 is 10.5 Å². The minimum Gasteiger partial charge on any atom is -0.487 e. The molecule has 1 unspecified atom stereocenters. The van der Waals surface area contributed by atoms with E-state index in [-0.39, 0.29) is 11.7 Å². The van der Waals surface area contributed by atoms with Crippen LogP contribution in [0.15, 0.2) is 60.8 Å². The first-order valence-corrected chi connectivity index (χ1v) is 11.4. The van der Waals surface area contributed by atoms with Gasteiger partial charge in [-0.05, 0) is 54.8 Å². The van der Waals surface area contributed by atoms with Crippen molar-refractivity contribution in [1.29, 1.82) is 0 Å². The second kappa shape index (κ2) is 8.61. The fourth-order valence-corrected chi connectivity index (χ4v) is 4.66. The summed E-state index contributed by atoms with van der Waals surface area (Å²) in [5, 5.41) is 0. The van der Waals surface area contributed by atoms with Crippen molar-refractivity contribution in [2.75, 3.05) is 19.7 Å². The Balaban J connectivity index is 1.26. The smallest absolute Gasteiger partial charge is 0.248 e. The maximum Gasteiger partial charge on any atom is 0.248 e. The molecule has 0 bridgehead atoms. The molecule has 2 N–H and O–H groups in total. The van der Waals surface area contributed by atoms with E-state index in [1.165, 1.54) is 11.1 Å². The van der Waals surface area contributed by atoms with Crippen LogP contribution in [-0.2, 0) is 17.7 Å². The zero-order valence-corrected chi connectivity index (χ0v) is 19.1. The first kappa shape index (κ1) is 21.6. The molecule has 1 atom stereocenters. The Morgan fingerprint density at radius 3 is 2.82 bits per heavy atom. The second-order valence-electron chi connectivity index (χ2n) is 9.49. The van der Waals surface area contributed by atoms with Crippen molar-refractivity contribution < 1.29 is 14.3 Å². The van der Waals surface area contributed by atoms with Gasteiger partial charge in [0.05, 0.1) is 12.3 Å². The van der Waals surface area contributed by atoms with Gasteiger partial charge in [0, 0.05) is 43.4 Å². The number of amides is 1. The highest BCUT2D eigenvalue weighted by molar-refractivity contribution is 5.94. The van der Waals surface area contributed by atoms with E-state index in [0.717, 1.165) is 48.6 Å². The molecule has 0 spiro atoms. The van der Waals surface area contributed by atoms with Crippen LogP contribution in [0, 0.1) is 0 Å². The predicted octanol–water partition coefficient (Wildman–Crippen LogP) is 4.13. The topological polar surface area (TPSA) is 77.7 Å².